The topological polar surface area (TPSA) is 38.9 Å². The second-order valence-corrected chi connectivity index (χ2v) is 5.85. The third kappa shape index (κ3) is 3.37. The van der Waals surface area contributed by atoms with Gasteiger partial charge in [0, 0.05) is 15.4 Å². The van der Waals surface area contributed by atoms with Crippen LogP contribution in [0.25, 0.3) is 11.3 Å². The largest absolute Gasteiger partial charge is 0.330 e. The first kappa shape index (κ1) is 13.6. The molecule has 0 amide bonds. The zero-order chi connectivity index (χ0) is 13.0. The molecule has 18 heavy (non-hydrogen) atoms. The molecule has 1 aromatic heterocycles. The van der Waals surface area contributed by atoms with Crippen LogP contribution in [0.15, 0.2) is 28.1 Å². The fourth-order valence-electron chi connectivity index (χ4n) is 1.66. The molecule has 2 N–H and O–H groups in total. The zero-order valence-electron chi connectivity index (χ0n) is 9.83. The molecule has 0 radical (unpaired) electrons. The molecule has 0 unspecified atom stereocenters. The van der Waals surface area contributed by atoms with Crippen LogP contribution in [0.3, 0.4) is 0 Å². The Morgan fingerprint density at radius 3 is 2.94 bits per heavy atom. The highest BCUT2D eigenvalue weighted by atomic mass is 79.9. The molecule has 0 aliphatic carbocycles. The minimum atomic E-state index is -0.239. The van der Waals surface area contributed by atoms with Crippen molar-refractivity contribution in [3.63, 3.8) is 0 Å². The van der Waals surface area contributed by atoms with Crippen LogP contribution in [0, 0.1) is 5.82 Å². The normalized spacial score (nSPS) is 10.8. The van der Waals surface area contributed by atoms with E-state index >= 15 is 0 Å². The van der Waals surface area contributed by atoms with E-state index in [1.54, 1.807) is 23.5 Å². The van der Waals surface area contributed by atoms with Crippen molar-refractivity contribution in [1.29, 1.82) is 0 Å². The second kappa shape index (κ2) is 6.41. The number of hydrogen-bond acceptors (Lipinski definition) is 3. The Kier molecular flexibility index (Phi) is 4.86. The average Bonchev–Trinajstić information content (AvgIpc) is 2.81. The summed E-state index contributed by atoms with van der Waals surface area (Å²) in [5, 5.41) is 2.95. The maximum Gasteiger partial charge on any atom is 0.132 e. The molecule has 2 rings (SSSR count). The fourth-order valence-corrected chi connectivity index (χ4v) is 2.87. The Morgan fingerprint density at radius 2 is 2.17 bits per heavy atom. The van der Waals surface area contributed by atoms with E-state index in [0.717, 1.165) is 28.7 Å². The molecular formula is C13H14BrFN2S. The molecule has 1 aromatic carbocycles. The molecule has 96 valence electrons. The van der Waals surface area contributed by atoms with E-state index in [1.807, 2.05) is 5.38 Å². The van der Waals surface area contributed by atoms with Crippen LogP contribution in [0.4, 0.5) is 4.39 Å². The summed E-state index contributed by atoms with van der Waals surface area (Å²) in [5.74, 6) is -0.239. The molecule has 2 aromatic rings. The predicted octanol–water partition coefficient (Wildman–Crippen LogP) is 3.99. The molecule has 0 fully saturated rings. The van der Waals surface area contributed by atoms with Gasteiger partial charge >= 0.3 is 0 Å². The van der Waals surface area contributed by atoms with Crippen molar-refractivity contribution in [2.75, 3.05) is 6.54 Å². The number of halogens is 2. The number of hydrogen-bond donors (Lipinski definition) is 1. The molecule has 0 atom stereocenters. The Hall–Kier alpha value is -0.780. The summed E-state index contributed by atoms with van der Waals surface area (Å²) in [6.07, 6.45) is 2.95. The minimum absolute atomic E-state index is 0.239. The van der Waals surface area contributed by atoms with Crippen LogP contribution in [-0.2, 0) is 6.42 Å². The zero-order valence-corrected chi connectivity index (χ0v) is 12.2. The lowest BCUT2D eigenvalue weighted by Gasteiger charge is -2.00. The smallest absolute Gasteiger partial charge is 0.132 e. The standard InChI is InChI=1S/C13H14BrFN2S/c14-9-4-5-11(15)10(7-9)12-8-18-13(17-12)3-1-2-6-16/h4-5,7-8H,1-3,6,16H2. The van der Waals surface area contributed by atoms with Gasteiger partial charge < -0.3 is 5.73 Å². The van der Waals surface area contributed by atoms with Gasteiger partial charge in [0.05, 0.1) is 10.7 Å². The van der Waals surface area contributed by atoms with Crippen LogP contribution in [-0.4, -0.2) is 11.5 Å². The first-order valence-corrected chi connectivity index (χ1v) is 7.48. The third-order valence-electron chi connectivity index (χ3n) is 2.60. The van der Waals surface area contributed by atoms with E-state index in [0.29, 0.717) is 17.8 Å². The van der Waals surface area contributed by atoms with Crippen molar-refractivity contribution in [2.45, 2.75) is 19.3 Å². The van der Waals surface area contributed by atoms with E-state index in [-0.39, 0.29) is 5.82 Å². The molecule has 5 heteroatoms. The first-order valence-electron chi connectivity index (χ1n) is 5.80. The van der Waals surface area contributed by atoms with E-state index in [1.165, 1.54) is 6.07 Å². The Balaban J connectivity index is 2.16. The van der Waals surface area contributed by atoms with E-state index in [4.69, 9.17) is 5.73 Å². The maximum atomic E-state index is 13.7. The van der Waals surface area contributed by atoms with Gasteiger partial charge in [-0.25, -0.2) is 9.37 Å². The van der Waals surface area contributed by atoms with Gasteiger partial charge in [-0.15, -0.1) is 11.3 Å². The summed E-state index contributed by atoms with van der Waals surface area (Å²) in [6, 6.07) is 4.90. The maximum absolute atomic E-state index is 13.7. The average molecular weight is 329 g/mol. The van der Waals surface area contributed by atoms with Gasteiger partial charge in [-0.05, 0) is 44.0 Å². The van der Waals surface area contributed by atoms with Gasteiger partial charge in [-0.2, -0.15) is 0 Å². The van der Waals surface area contributed by atoms with Crippen molar-refractivity contribution in [3.05, 3.63) is 38.9 Å². The van der Waals surface area contributed by atoms with E-state index in [9.17, 15) is 4.39 Å². The predicted molar refractivity (Wildman–Crippen MR) is 77.2 cm³/mol. The van der Waals surface area contributed by atoms with Crippen LogP contribution >= 0.6 is 27.3 Å². The molecule has 0 aliphatic heterocycles. The highest BCUT2D eigenvalue weighted by Gasteiger charge is 2.09. The van der Waals surface area contributed by atoms with E-state index in [2.05, 4.69) is 20.9 Å². The van der Waals surface area contributed by atoms with Gasteiger partial charge in [-0.3, -0.25) is 0 Å². The Labute approximate surface area is 118 Å². The van der Waals surface area contributed by atoms with Crippen LogP contribution in [0.1, 0.15) is 17.8 Å². The number of thiazole rings is 1. The fraction of sp³-hybridized carbons (Fsp3) is 0.308. The van der Waals surface area contributed by atoms with Gasteiger partial charge in [0.2, 0.25) is 0 Å². The summed E-state index contributed by atoms with van der Waals surface area (Å²) in [7, 11) is 0. The third-order valence-corrected chi connectivity index (χ3v) is 4.00. The van der Waals surface area contributed by atoms with Crippen molar-refractivity contribution >= 4 is 27.3 Å². The number of rotatable bonds is 5. The number of unbranched alkanes of at least 4 members (excludes halogenated alkanes) is 1. The summed E-state index contributed by atoms with van der Waals surface area (Å²) < 4.78 is 14.6. The Bertz CT molecular complexity index is 527. The first-order chi connectivity index (χ1) is 8.70. The number of aryl methyl sites for hydroxylation is 1. The molecule has 0 aliphatic rings. The molecule has 0 saturated carbocycles. The molecule has 0 spiro atoms. The van der Waals surface area contributed by atoms with E-state index < -0.39 is 0 Å². The number of aromatic nitrogens is 1. The van der Waals surface area contributed by atoms with Gasteiger partial charge in [0.25, 0.3) is 0 Å². The van der Waals surface area contributed by atoms with Crippen molar-refractivity contribution in [3.8, 4) is 11.3 Å². The van der Waals surface area contributed by atoms with Crippen molar-refractivity contribution in [2.24, 2.45) is 5.73 Å². The summed E-state index contributed by atoms with van der Waals surface area (Å²) in [6.45, 7) is 0.707. The number of nitrogens with zero attached hydrogens (tertiary/aromatic N) is 1. The van der Waals surface area contributed by atoms with Gasteiger partial charge in [0.1, 0.15) is 5.82 Å². The van der Waals surface area contributed by atoms with Crippen LogP contribution in [0.5, 0.6) is 0 Å². The monoisotopic (exact) mass is 328 g/mol. The van der Waals surface area contributed by atoms with Crippen LogP contribution < -0.4 is 5.73 Å². The lowest BCUT2D eigenvalue weighted by molar-refractivity contribution is 0.630. The van der Waals surface area contributed by atoms with Crippen LogP contribution in [0.2, 0.25) is 0 Å². The highest BCUT2D eigenvalue weighted by Crippen LogP contribution is 2.27. The van der Waals surface area contributed by atoms with Gasteiger partial charge in [-0.1, -0.05) is 15.9 Å². The van der Waals surface area contributed by atoms with Crippen molar-refractivity contribution in [1.82, 2.24) is 4.98 Å². The summed E-state index contributed by atoms with van der Waals surface area (Å²) >= 11 is 4.92. The summed E-state index contributed by atoms with van der Waals surface area (Å²) in [4.78, 5) is 4.47. The SMILES string of the molecule is NCCCCc1nc(-c2cc(Br)ccc2F)cs1. The lowest BCUT2D eigenvalue weighted by Crippen LogP contribution is -1.98. The molecule has 0 saturated heterocycles. The minimum Gasteiger partial charge on any atom is -0.330 e. The highest BCUT2D eigenvalue weighted by molar-refractivity contribution is 9.10. The molecular weight excluding hydrogens is 315 g/mol. The molecule has 0 bridgehead atoms. The second-order valence-electron chi connectivity index (χ2n) is 4.00. The summed E-state index contributed by atoms with van der Waals surface area (Å²) in [5.41, 5.74) is 6.71. The Morgan fingerprint density at radius 1 is 1.33 bits per heavy atom. The lowest BCUT2D eigenvalue weighted by atomic mass is 10.1. The molecule has 1 heterocycles. The van der Waals surface area contributed by atoms with Gasteiger partial charge in [0.15, 0.2) is 0 Å². The number of benzene rings is 1. The van der Waals surface area contributed by atoms with Crippen molar-refractivity contribution < 1.29 is 4.39 Å². The number of nitrogens with two attached hydrogens (primary N) is 1. The quantitative estimate of drug-likeness (QED) is 0.843. The molecule has 2 nitrogen and oxygen atoms in total.